The van der Waals surface area contributed by atoms with Crippen molar-refractivity contribution < 1.29 is 4.52 Å². The lowest BCUT2D eigenvalue weighted by atomic mass is 9.66. The Morgan fingerprint density at radius 1 is 1.14 bits per heavy atom. The number of fused-ring (bicyclic) bond motifs is 2. The highest BCUT2D eigenvalue weighted by molar-refractivity contribution is 5.18. The van der Waals surface area contributed by atoms with E-state index in [1.807, 2.05) is 6.92 Å². The first kappa shape index (κ1) is 14.7. The lowest BCUT2D eigenvalue weighted by molar-refractivity contribution is 0.0470. The van der Waals surface area contributed by atoms with E-state index in [4.69, 9.17) is 4.52 Å². The SMILES string of the molecule is Cc1cc(C2C3CC[C@H](C[C@@H]2C2CCC(C)CC2)N3C)on1. The van der Waals surface area contributed by atoms with E-state index in [1.165, 1.54) is 50.7 Å². The molecule has 1 saturated carbocycles. The first-order valence-corrected chi connectivity index (χ1v) is 9.28. The monoisotopic (exact) mass is 302 g/mol. The summed E-state index contributed by atoms with van der Waals surface area (Å²) in [6, 6.07) is 3.69. The Labute approximate surface area is 134 Å². The topological polar surface area (TPSA) is 29.3 Å². The summed E-state index contributed by atoms with van der Waals surface area (Å²) >= 11 is 0. The van der Waals surface area contributed by atoms with Crippen LogP contribution in [-0.2, 0) is 0 Å². The summed E-state index contributed by atoms with van der Waals surface area (Å²) in [5, 5.41) is 4.20. The van der Waals surface area contributed by atoms with Gasteiger partial charge in [0.25, 0.3) is 0 Å². The quantitative estimate of drug-likeness (QED) is 0.812. The fourth-order valence-corrected chi connectivity index (χ4v) is 5.64. The molecule has 2 aliphatic heterocycles. The zero-order valence-corrected chi connectivity index (χ0v) is 14.3. The van der Waals surface area contributed by atoms with E-state index in [9.17, 15) is 0 Å². The molecule has 3 heteroatoms. The van der Waals surface area contributed by atoms with Gasteiger partial charge in [-0.05, 0) is 63.8 Å². The highest BCUT2D eigenvalue weighted by atomic mass is 16.5. The molecule has 22 heavy (non-hydrogen) atoms. The van der Waals surface area contributed by atoms with Gasteiger partial charge in [-0.2, -0.15) is 0 Å². The van der Waals surface area contributed by atoms with Crippen LogP contribution in [0, 0.1) is 24.7 Å². The summed E-state index contributed by atoms with van der Waals surface area (Å²) in [6.07, 6.45) is 9.80. The third-order valence-electron chi connectivity index (χ3n) is 6.96. The van der Waals surface area contributed by atoms with Gasteiger partial charge in [0, 0.05) is 24.1 Å². The summed E-state index contributed by atoms with van der Waals surface area (Å²) in [5.74, 6) is 4.39. The maximum absolute atomic E-state index is 5.77. The van der Waals surface area contributed by atoms with Crippen molar-refractivity contribution in [2.24, 2.45) is 17.8 Å². The molecule has 0 amide bonds. The lowest BCUT2D eigenvalue weighted by Gasteiger charge is -2.46. The molecule has 0 spiro atoms. The van der Waals surface area contributed by atoms with Gasteiger partial charge in [0.15, 0.2) is 0 Å². The average Bonchev–Trinajstić information content (AvgIpc) is 3.02. The van der Waals surface area contributed by atoms with Crippen LogP contribution in [0.3, 0.4) is 0 Å². The first-order chi connectivity index (χ1) is 10.6. The summed E-state index contributed by atoms with van der Waals surface area (Å²) in [5.41, 5.74) is 1.04. The van der Waals surface area contributed by atoms with Gasteiger partial charge in [0.1, 0.15) is 5.76 Å². The summed E-state index contributed by atoms with van der Waals surface area (Å²) in [6.45, 7) is 4.47. The van der Waals surface area contributed by atoms with E-state index in [0.29, 0.717) is 12.0 Å². The normalized spacial score (nSPS) is 42.7. The van der Waals surface area contributed by atoms with Crippen molar-refractivity contribution in [1.82, 2.24) is 10.1 Å². The Morgan fingerprint density at radius 2 is 1.91 bits per heavy atom. The molecule has 0 aromatic carbocycles. The van der Waals surface area contributed by atoms with Crippen LogP contribution in [0.15, 0.2) is 10.6 Å². The maximum atomic E-state index is 5.77. The predicted octanol–water partition coefficient (Wildman–Crippen LogP) is 4.38. The molecule has 3 aliphatic rings. The summed E-state index contributed by atoms with van der Waals surface area (Å²) in [7, 11) is 2.33. The number of hydrogen-bond acceptors (Lipinski definition) is 3. The fraction of sp³-hybridized carbons (Fsp3) is 0.842. The molecule has 3 nitrogen and oxygen atoms in total. The van der Waals surface area contributed by atoms with E-state index >= 15 is 0 Å². The van der Waals surface area contributed by atoms with Gasteiger partial charge in [0.2, 0.25) is 0 Å². The highest BCUT2D eigenvalue weighted by Crippen LogP contribution is 2.52. The van der Waals surface area contributed by atoms with E-state index in [2.05, 4.69) is 30.1 Å². The standard InChI is InChI=1S/C19H30N2O/c1-12-4-6-14(7-5-12)16-11-15-8-9-17(21(15)3)19(16)18-10-13(2)20-22-18/h10,12,14-17,19H,4-9,11H2,1-3H3/t12?,14?,15-,16-,17?,19?/m1/s1. The molecule has 122 valence electrons. The second-order valence-electron chi connectivity index (χ2n) is 8.28. The van der Waals surface area contributed by atoms with E-state index in [0.717, 1.165) is 29.5 Å². The number of hydrogen-bond donors (Lipinski definition) is 0. The van der Waals surface area contributed by atoms with Crippen molar-refractivity contribution in [3.63, 3.8) is 0 Å². The molecule has 3 heterocycles. The van der Waals surface area contributed by atoms with Gasteiger partial charge in [-0.1, -0.05) is 24.9 Å². The van der Waals surface area contributed by atoms with Gasteiger partial charge in [-0.3, -0.25) is 4.90 Å². The molecular weight excluding hydrogens is 272 g/mol. The first-order valence-electron chi connectivity index (χ1n) is 9.28. The van der Waals surface area contributed by atoms with Crippen molar-refractivity contribution in [3.8, 4) is 0 Å². The van der Waals surface area contributed by atoms with Gasteiger partial charge < -0.3 is 4.52 Å². The molecule has 2 unspecified atom stereocenters. The van der Waals surface area contributed by atoms with Crippen LogP contribution in [0.25, 0.3) is 0 Å². The molecule has 1 aliphatic carbocycles. The van der Waals surface area contributed by atoms with E-state index in [-0.39, 0.29) is 0 Å². The van der Waals surface area contributed by atoms with Crippen LogP contribution in [-0.4, -0.2) is 29.2 Å². The molecule has 1 aromatic heterocycles. The van der Waals surface area contributed by atoms with Crippen LogP contribution >= 0.6 is 0 Å². The minimum absolute atomic E-state index is 0.573. The molecule has 4 atom stereocenters. The van der Waals surface area contributed by atoms with Crippen molar-refractivity contribution in [1.29, 1.82) is 0 Å². The van der Waals surface area contributed by atoms with Crippen LogP contribution in [0.1, 0.15) is 69.2 Å². The molecule has 4 rings (SSSR count). The van der Waals surface area contributed by atoms with E-state index < -0.39 is 0 Å². The van der Waals surface area contributed by atoms with Crippen molar-refractivity contribution in [2.75, 3.05) is 7.05 Å². The van der Waals surface area contributed by atoms with Crippen LogP contribution in [0.5, 0.6) is 0 Å². The van der Waals surface area contributed by atoms with Gasteiger partial charge >= 0.3 is 0 Å². The Kier molecular flexibility index (Phi) is 3.80. The Bertz CT molecular complexity index is 517. The third kappa shape index (κ3) is 2.42. The minimum atomic E-state index is 0.573. The van der Waals surface area contributed by atoms with Gasteiger partial charge in [-0.25, -0.2) is 0 Å². The van der Waals surface area contributed by atoms with Crippen molar-refractivity contribution in [3.05, 3.63) is 17.5 Å². The predicted molar refractivity (Wildman–Crippen MR) is 87.8 cm³/mol. The zero-order chi connectivity index (χ0) is 15.3. The maximum Gasteiger partial charge on any atom is 0.141 e. The molecule has 0 N–H and O–H groups in total. The fourth-order valence-electron chi connectivity index (χ4n) is 5.64. The smallest absolute Gasteiger partial charge is 0.141 e. The van der Waals surface area contributed by atoms with Gasteiger partial charge in [-0.15, -0.1) is 0 Å². The van der Waals surface area contributed by atoms with Crippen molar-refractivity contribution >= 4 is 0 Å². The molecule has 2 bridgehead atoms. The van der Waals surface area contributed by atoms with Crippen LogP contribution < -0.4 is 0 Å². The molecule has 2 saturated heterocycles. The van der Waals surface area contributed by atoms with E-state index in [1.54, 1.807) is 0 Å². The Balaban J connectivity index is 1.63. The minimum Gasteiger partial charge on any atom is -0.361 e. The largest absolute Gasteiger partial charge is 0.361 e. The van der Waals surface area contributed by atoms with Crippen LogP contribution in [0.2, 0.25) is 0 Å². The number of aromatic nitrogens is 1. The number of rotatable bonds is 2. The summed E-state index contributed by atoms with van der Waals surface area (Å²) in [4.78, 5) is 2.64. The third-order valence-corrected chi connectivity index (χ3v) is 6.96. The molecule has 1 aromatic rings. The number of piperidine rings is 1. The molecule has 3 fully saturated rings. The summed E-state index contributed by atoms with van der Waals surface area (Å²) < 4.78 is 5.77. The van der Waals surface area contributed by atoms with Crippen molar-refractivity contribution in [2.45, 2.75) is 76.8 Å². The Morgan fingerprint density at radius 3 is 2.59 bits per heavy atom. The second-order valence-corrected chi connectivity index (χ2v) is 8.28. The highest BCUT2D eigenvalue weighted by Gasteiger charge is 2.49. The number of nitrogens with zero attached hydrogens (tertiary/aromatic N) is 2. The Hall–Kier alpha value is -0.830. The number of aryl methyl sites for hydroxylation is 1. The van der Waals surface area contributed by atoms with Crippen LogP contribution in [0.4, 0.5) is 0 Å². The second kappa shape index (κ2) is 5.67. The average molecular weight is 302 g/mol. The molecular formula is C19H30N2O. The van der Waals surface area contributed by atoms with Gasteiger partial charge in [0.05, 0.1) is 5.69 Å². The lowest BCUT2D eigenvalue weighted by Crippen LogP contribution is -2.47. The molecule has 0 radical (unpaired) electrons. The zero-order valence-electron chi connectivity index (χ0n) is 14.3. The number of likely N-dealkylation sites (N-methyl/N-ethyl adjacent to an activating group) is 1.